The number of carbonyl (C=O) groups is 1. The molecular weight excluding hydrogens is 164 g/mol. The maximum atomic E-state index is 10.6. The molecule has 1 rings (SSSR count). The standard InChI is InChI=1S/C11H18O2/c1-9(11(12)13)7-8-10-5-3-2-4-6-10/h3,5,9-10H,2,4,6-8H2,1H3,(H,12,13). The molecule has 0 aromatic rings. The quantitative estimate of drug-likeness (QED) is 0.679. The fourth-order valence-electron chi connectivity index (χ4n) is 1.71. The molecule has 0 saturated carbocycles. The zero-order valence-corrected chi connectivity index (χ0v) is 8.20. The van der Waals surface area contributed by atoms with Crippen molar-refractivity contribution in [3.63, 3.8) is 0 Å². The molecule has 2 atom stereocenters. The molecule has 13 heavy (non-hydrogen) atoms. The van der Waals surface area contributed by atoms with Crippen LogP contribution in [-0.2, 0) is 4.79 Å². The summed E-state index contributed by atoms with van der Waals surface area (Å²) in [5, 5.41) is 8.69. The van der Waals surface area contributed by atoms with E-state index in [2.05, 4.69) is 12.2 Å². The summed E-state index contributed by atoms with van der Waals surface area (Å²) < 4.78 is 0. The van der Waals surface area contributed by atoms with Gasteiger partial charge in [-0.1, -0.05) is 19.1 Å². The number of hydrogen-bond acceptors (Lipinski definition) is 1. The van der Waals surface area contributed by atoms with Crippen LogP contribution in [0.4, 0.5) is 0 Å². The third-order valence-electron chi connectivity index (χ3n) is 2.75. The average molecular weight is 182 g/mol. The van der Waals surface area contributed by atoms with E-state index in [9.17, 15) is 4.79 Å². The van der Waals surface area contributed by atoms with Gasteiger partial charge < -0.3 is 5.11 Å². The van der Waals surface area contributed by atoms with E-state index < -0.39 is 5.97 Å². The van der Waals surface area contributed by atoms with Crippen LogP contribution in [0.1, 0.15) is 39.0 Å². The Morgan fingerprint density at radius 1 is 1.69 bits per heavy atom. The van der Waals surface area contributed by atoms with Crippen molar-refractivity contribution in [3.05, 3.63) is 12.2 Å². The van der Waals surface area contributed by atoms with Crippen molar-refractivity contribution < 1.29 is 9.90 Å². The maximum absolute atomic E-state index is 10.6. The molecule has 2 unspecified atom stereocenters. The molecule has 0 aliphatic heterocycles. The summed E-state index contributed by atoms with van der Waals surface area (Å²) in [5.74, 6) is -0.217. The zero-order valence-electron chi connectivity index (χ0n) is 8.20. The molecule has 0 spiro atoms. The third kappa shape index (κ3) is 3.62. The van der Waals surface area contributed by atoms with E-state index in [-0.39, 0.29) is 5.92 Å². The predicted octanol–water partition coefficient (Wildman–Crippen LogP) is 2.84. The highest BCUT2D eigenvalue weighted by Crippen LogP contribution is 2.23. The van der Waals surface area contributed by atoms with Gasteiger partial charge in [-0.3, -0.25) is 4.79 Å². The summed E-state index contributed by atoms with van der Waals surface area (Å²) in [6, 6.07) is 0. The molecule has 0 fully saturated rings. The van der Waals surface area contributed by atoms with E-state index in [0.29, 0.717) is 5.92 Å². The minimum Gasteiger partial charge on any atom is -0.481 e. The Morgan fingerprint density at radius 2 is 2.46 bits per heavy atom. The second kappa shape index (κ2) is 5.05. The molecule has 0 amide bonds. The number of carboxylic acids is 1. The fraction of sp³-hybridized carbons (Fsp3) is 0.727. The monoisotopic (exact) mass is 182 g/mol. The predicted molar refractivity (Wildman–Crippen MR) is 52.5 cm³/mol. The van der Waals surface area contributed by atoms with Crippen molar-refractivity contribution in [3.8, 4) is 0 Å². The number of carboxylic acid groups (broad SMARTS) is 1. The van der Waals surface area contributed by atoms with Crippen LogP contribution in [0.3, 0.4) is 0 Å². The molecule has 1 aliphatic carbocycles. The highest BCUT2D eigenvalue weighted by atomic mass is 16.4. The molecule has 0 saturated heterocycles. The largest absolute Gasteiger partial charge is 0.481 e. The van der Waals surface area contributed by atoms with Crippen LogP contribution in [0.15, 0.2) is 12.2 Å². The Kier molecular flexibility index (Phi) is 4.00. The first kappa shape index (κ1) is 10.3. The second-order valence-electron chi connectivity index (χ2n) is 3.94. The van der Waals surface area contributed by atoms with Crippen LogP contribution in [0.2, 0.25) is 0 Å². The van der Waals surface area contributed by atoms with E-state index in [4.69, 9.17) is 5.11 Å². The van der Waals surface area contributed by atoms with Gasteiger partial charge in [-0.15, -0.1) is 0 Å². The Bertz CT molecular complexity index is 196. The van der Waals surface area contributed by atoms with E-state index >= 15 is 0 Å². The maximum Gasteiger partial charge on any atom is 0.306 e. The highest BCUT2D eigenvalue weighted by molar-refractivity contribution is 5.69. The average Bonchev–Trinajstić information content (AvgIpc) is 2.15. The molecule has 0 bridgehead atoms. The van der Waals surface area contributed by atoms with Crippen LogP contribution in [0, 0.1) is 11.8 Å². The summed E-state index contributed by atoms with van der Waals surface area (Å²) in [7, 11) is 0. The zero-order chi connectivity index (χ0) is 9.68. The van der Waals surface area contributed by atoms with Gasteiger partial charge in [0.25, 0.3) is 0 Å². The topological polar surface area (TPSA) is 37.3 Å². The van der Waals surface area contributed by atoms with Gasteiger partial charge in [0.1, 0.15) is 0 Å². The number of allylic oxidation sites excluding steroid dienone is 2. The van der Waals surface area contributed by atoms with Gasteiger partial charge in [0.05, 0.1) is 5.92 Å². The molecule has 1 aliphatic rings. The third-order valence-corrected chi connectivity index (χ3v) is 2.75. The van der Waals surface area contributed by atoms with Crippen molar-refractivity contribution in [1.29, 1.82) is 0 Å². The van der Waals surface area contributed by atoms with Crippen LogP contribution in [-0.4, -0.2) is 11.1 Å². The summed E-state index contributed by atoms with van der Waals surface area (Å²) in [6.45, 7) is 1.79. The van der Waals surface area contributed by atoms with Crippen LogP contribution in [0.5, 0.6) is 0 Å². The molecular formula is C11H18O2. The molecule has 0 aromatic heterocycles. The van der Waals surface area contributed by atoms with E-state index in [1.807, 2.05) is 0 Å². The summed E-state index contributed by atoms with van der Waals surface area (Å²) in [6.07, 6.45) is 10.0. The second-order valence-corrected chi connectivity index (χ2v) is 3.94. The lowest BCUT2D eigenvalue weighted by atomic mass is 9.89. The van der Waals surface area contributed by atoms with Crippen LogP contribution >= 0.6 is 0 Å². The fourth-order valence-corrected chi connectivity index (χ4v) is 1.71. The molecule has 0 aromatic carbocycles. The first-order valence-corrected chi connectivity index (χ1v) is 5.09. The Morgan fingerprint density at radius 3 is 3.00 bits per heavy atom. The lowest BCUT2D eigenvalue weighted by molar-refractivity contribution is -0.141. The van der Waals surface area contributed by atoms with Gasteiger partial charge in [0.15, 0.2) is 0 Å². The molecule has 0 heterocycles. The van der Waals surface area contributed by atoms with Gasteiger partial charge in [0, 0.05) is 0 Å². The first-order valence-electron chi connectivity index (χ1n) is 5.09. The highest BCUT2D eigenvalue weighted by Gasteiger charge is 2.14. The normalized spacial score (nSPS) is 24.2. The number of hydrogen-bond donors (Lipinski definition) is 1. The molecule has 2 nitrogen and oxygen atoms in total. The van der Waals surface area contributed by atoms with Gasteiger partial charge in [0.2, 0.25) is 0 Å². The number of rotatable bonds is 4. The van der Waals surface area contributed by atoms with E-state index in [1.54, 1.807) is 6.92 Å². The smallest absolute Gasteiger partial charge is 0.306 e. The molecule has 74 valence electrons. The summed E-state index contributed by atoms with van der Waals surface area (Å²) in [4.78, 5) is 10.6. The van der Waals surface area contributed by atoms with Crippen LogP contribution < -0.4 is 0 Å². The van der Waals surface area contributed by atoms with Crippen LogP contribution in [0.25, 0.3) is 0 Å². The van der Waals surface area contributed by atoms with Crippen molar-refractivity contribution in [2.45, 2.75) is 39.0 Å². The number of aliphatic carboxylic acids is 1. The Hall–Kier alpha value is -0.790. The lowest BCUT2D eigenvalue weighted by Crippen LogP contribution is -2.11. The minimum atomic E-state index is -0.667. The Balaban J connectivity index is 2.21. The Labute approximate surface area is 79.6 Å². The first-order chi connectivity index (χ1) is 6.20. The minimum absolute atomic E-state index is 0.185. The lowest BCUT2D eigenvalue weighted by Gasteiger charge is -2.16. The van der Waals surface area contributed by atoms with Gasteiger partial charge >= 0.3 is 5.97 Å². The molecule has 1 N–H and O–H groups in total. The molecule has 2 heteroatoms. The summed E-state index contributed by atoms with van der Waals surface area (Å²) in [5.41, 5.74) is 0. The van der Waals surface area contributed by atoms with Crippen molar-refractivity contribution in [2.24, 2.45) is 11.8 Å². The van der Waals surface area contributed by atoms with E-state index in [0.717, 1.165) is 12.8 Å². The van der Waals surface area contributed by atoms with Crippen molar-refractivity contribution >= 4 is 5.97 Å². The van der Waals surface area contributed by atoms with Gasteiger partial charge in [-0.25, -0.2) is 0 Å². The summed E-state index contributed by atoms with van der Waals surface area (Å²) >= 11 is 0. The SMILES string of the molecule is CC(CCC1C=CCCC1)C(=O)O. The van der Waals surface area contributed by atoms with Crippen molar-refractivity contribution in [2.75, 3.05) is 0 Å². The molecule has 0 radical (unpaired) electrons. The van der Waals surface area contributed by atoms with Crippen molar-refractivity contribution in [1.82, 2.24) is 0 Å². The van der Waals surface area contributed by atoms with E-state index in [1.165, 1.54) is 19.3 Å². The van der Waals surface area contributed by atoms with Gasteiger partial charge in [-0.2, -0.15) is 0 Å². The van der Waals surface area contributed by atoms with Gasteiger partial charge in [-0.05, 0) is 38.0 Å².